The first-order valence-electron chi connectivity index (χ1n) is 17.6. The molecule has 1 N–H and O–H groups in total. The summed E-state index contributed by atoms with van der Waals surface area (Å²) in [6.45, 7) is 22.0. The number of fused-ring (bicyclic) bond motifs is 4. The van der Waals surface area contributed by atoms with Gasteiger partial charge < -0.3 is 9.52 Å². The number of ketones is 1. The van der Waals surface area contributed by atoms with Crippen molar-refractivity contribution in [3.63, 3.8) is 0 Å². The zero-order chi connectivity index (χ0) is 34.5. The molecule has 5 rings (SSSR count). The van der Waals surface area contributed by atoms with Gasteiger partial charge in [-0.2, -0.15) is 0 Å². The molecule has 0 atom stereocenters. The minimum Gasteiger partial charge on any atom is -0.512 e. The number of aromatic nitrogens is 1. The summed E-state index contributed by atoms with van der Waals surface area (Å²) in [5.74, 6) is 0.547. The van der Waals surface area contributed by atoms with Crippen LogP contribution >= 0.6 is 11.3 Å². The molecule has 0 amide bonds. The van der Waals surface area contributed by atoms with E-state index in [4.69, 9.17) is 9.40 Å². The van der Waals surface area contributed by atoms with Crippen LogP contribution in [-0.4, -0.2) is 23.9 Å². The van der Waals surface area contributed by atoms with Crippen LogP contribution < -0.4 is 5.38 Å². The molecule has 0 aliphatic heterocycles. The van der Waals surface area contributed by atoms with E-state index in [0.717, 1.165) is 66.1 Å². The molecular formula is C41H54IrNO3SSi-. The Balaban J connectivity index is 0.000000334. The second kappa shape index (κ2) is 16.9. The van der Waals surface area contributed by atoms with Crippen molar-refractivity contribution in [2.24, 2.45) is 11.8 Å². The summed E-state index contributed by atoms with van der Waals surface area (Å²) >= 11 is 1.80. The fourth-order valence-corrected chi connectivity index (χ4v) is 8.56. The van der Waals surface area contributed by atoms with E-state index in [1.54, 1.807) is 11.3 Å². The maximum atomic E-state index is 11.7. The molecule has 3 aromatic heterocycles. The van der Waals surface area contributed by atoms with Crippen molar-refractivity contribution in [2.45, 2.75) is 112 Å². The van der Waals surface area contributed by atoms with E-state index in [0.29, 0.717) is 0 Å². The summed E-state index contributed by atoms with van der Waals surface area (Å²) < 4.78 is 8.81. The fourth-order valence-electron chi connectivity index (χ4n) is 6.31. The first-order valence-corrected chi connectivity index (χ1v) is 21.9. The van der Waals surface area contributed by atoms with Crippen molar-refractivity contribution in [1.82, 2.24) is 4.98 Å². The Morgan fingerprint density at radius 2 is 1.58 bits per heavy atom. The Hall–Kier alpha value is -2.57. The summed E-state index contributed by atoms with van der Waals surface area (Å²) in [7, 11) is -1.49. The van der Waals surface area contributed by atoms with Gasteiger partial charge in [0.05, 0.1) is 15.8 Å². The molecule has 261 valence electrons. The predicted octanol–water partition coefficient (Wildman–Crippen LogP) is 12.2. The Labute approximate surface area is 306 Å². The minimum atomic E-state index is -1.49. The van der Waals surface area contributed by atoms with Crippen molar-refractivity contribution in [1.29, 1.82) is 0 Å². The Kier molecular flexibility index (Phi) is 14.0. The third kappa shape index (κ3) is 8.41. The number of allylic oxidation sites excluding steroid dienone is 2. The Bertz CT molecular complexity index is 1850. The molecule has 0 aliphatic rings. The average molecular weight is 861 g/mol. The van der Waals surface area contributed by atoms with Gasteiger partial charge in [0.1, 0.15) is 8.07 Å². The topological polar surface area (TPSA) is 63.3 Å². The monoisotopic (exact) mass is 861 g/mol. The van der Waals surface area contributed by atoms with Gasteiger partial charge in [-0.1, -0.05) is 97.3 Å². The number of aliphatic hydroxyl groups excluding tert-OH is 1. The van der Waals surface area contributed by atoms with Crippen molar-refractivity contribution in [2.75, 3.05) is 0 Å². The molecule has 0 unspecified atom stereocenters. The molecule has 0 saturated heterocycles. The number of carbonyl (C=O) groups excluding carboxylic acids is 1. The molecule has 0 bridgehead atoms. The first kappa shape index (κ1) is 39.9. The number of pyridine rings is 1. The minimum absolute atomic E-state index is 0. The number of benzene rings is 2. The van der Waals surface area contributed by atoms with Gasteiger partial charge in [0.15, 0.2) is 11.4 Å². The average Bonchev–Trinajstić information content (AvgIpc) is 3.64. The zero-order valence-corrected chi connectivity index (χ0v) is 34.8. The number of thiophene rings is 1. The van der Waals surface area contributed by atoms with E-state index < -0.39 is 8.07 Å². The van der Waals surface area contributed by atoms with Crippen LogP contribution in [0.3, 0.4) is 0 Å². The molecular weight excluding hydrogens is 807 g/mol. The van der Waals surface area contributed by atoms with E-state index in [-0.39, 0.29) is 48.9 Å². The summed E-state index contributed by atoms with van der Waals surface area (Å²) in [5.41, 5.74) is 4.61. The van der Waals surface area contributed by atoms with E-state index in [1.807, 2.05) is 33.9 Å². The van der Waals surface area contributed by atoms with Crippen LogP contribution in [0.25, 0.3) is 42.4 Å². The van der Waals surface area contributed by atoms with Crippen LogP contribution in [0.2, 0.25) is 19.6 Å². The van der Waals surface area contributed by atoms with Gasteiger partial charge in [-0.3, -0.25) is 9.78 Å². The smallest absolute Gasteiger partial charge is 0.162 e. The number of furan rings is 1. The summed E-state index contributed by atoms with van der Waals surface area (Å²) in [4.78, 5) is 16.6. The van der Waals surface area contributed by atoms with Crippen molar-refractivity contribution < 1.29 is 34.4 Å². The standard InChI is InChI=1S/C28H30NOSSi.C13H24O2.Ir/c1-7-28(3,8-2)22-16-19(15-18-11-9-10-12-20(18)22)25-27-21(13-14-29-25)26-23(31-27)17-24(30-26)32(4,5)6;1-5-10(6-2)12(14)9-13(15)11(7-3)8-4;/h9-14,16-17H,7-8H2,1-6H3;9-11,14H,5-8H2,1-4H3;/q-1;;/b;12-9-;. The van der Waals surface area contributed by atoms with Crippen LogP contribution in [0.4, 0.5) is 0 Å². The fraction of sp³-hybridized carbons (Fsp3) is 0.463. The summed E-state index contributed by atoms with van der Waals surface area (Å²) in [6.07, 6.45) is 9.02. The maximum Gasteiger partial charge on any atom is 0.162 e. The molecule has 4 nitrogen and oxygen atoms in total. The number of nitrogens with zero attached hydrogens (tertiary/aromatic N) is 1. The van der Waals surface area contributed by atoms with Gasteiger partial charge in [0, 0.05) is 60.0 Å². The van der Waals surface area contributed by atoms with Gasteiger partial charge in [-0.05, 0) is 56.1 Å². The van der Waals surface area contributed by atoms with Crippen LogP contribution in [0.1, 0.15) is 92.6 Å². The van der Waals surface area contributed by atoms with Gasteiger partial charge in [-0.15, -0.1) is 40.5 Å². The Morgan fingerprint density at radius 3 is 2.17 bits per heavy atom. The molecule has 1 radical (unpaired) electrons. The van der Waals surface area contributed by atoms with Crippen molar-refractivity contribution in [3.8, 4) is 11.3 Å². The molecule has 7 heteroatoms. The summed E-state index contributed by atoms with van der Waals surface area (Å²) in [5, 5.41) is 14.6. The van der Waals surface area contributed by atoms with Crippen LogP contribution in [-0.2, 0) is 30.3 Å². The maximum absolute atomic E-state index is 11.7. The van der Waals surface area contributed by atoms with Crippen LogP contribution in [0.5, 0.6) is 0 Å². The van der Waals surface area contributed by atoms with Gasteiger partial charge in [-0.25, -0.2) is 0 Å². The van der Waals surface area contributed by atoms with E-state index >= 15 is 0 Å². The van der Waals surface area contributed by atoms with Crippen molar-refractivity contribution in [3.05, 3.63) is 72.1 Å². The van der Waals surface area contributed by atoms with Crippen LogP contribution in [0, 0.1) is 17.9 Å². The second-order valence-corrected chi connectivity index (χ2v) is 20.1. The number of rotatable bonds is 12. The molecule has 5 aromatic rings. The molecule has 2 aromatic carbocycles. The number of aliphatic hydroxyl groups is 1. The molecule has 48 heavy (non-hydrogen) atoms. The van der Waals surface area contributed by atoms with E-state index in [9.17, 15) is 9.90 Å². The number of hydrogen-bond donors (Lipinski definition) is 1. The van der Waals surface area contributed by atoms with Gasteiger partial charge in [0.25, 0.3) is 0 Å². The first-order chi connectivity index (χ1) is 22.3. The Morgan fingerprint density at radius 1 is 0.958 bits per heavy atom. The molecule has 0 saturated carbocycles. The van der Waals surface area contributed by atoms with Gasteiger partial charge >= 0.3 is 0 Å². The van der Waals surface area contributed by atoms with Crippen molar-refractivity contribution >= 4 is 61.7 Å². The largest absolute Gasteiger partial charge is 0.512 e. The third-order valence-corrected chi connectivity index (χ3v) is 13.0. The predicted molar refractivity (Wildman–Crippen MR) is 206 cm³/mol. The normalized spacial score (nSPS) is 12.5. The van der Waals surface area contributed by atoms with Crippen LogP contribution in [0.15, 0.2) is 64.9 Å². The summed E-state index contributed by atoms with van der Waals surface area (Å²) in [6, 6.07) is 19.0. The quantitative estimate of drug-likeness (QED) is 0.0587. The molecule has 0 spiro atoms. The molecule has 0 aliphatic carbocycles. The number of hydrogen-bond acceptors (Lipinski definition) is 5. The van der Waals surface area contributed by atoms with E-state index in [1.165, 1.54) is 31.8 Å². The SMILES string of the molecule is CCC(C)(CC)c1cc(-c2nccc3c2sc2cc([Si](C)(C)C)oc23)[c-]c2ccccc12.CCC(CC)C(=O)/C=C(\O)C(CC)CC.[Ir]. The zero-order valence-electron chi connectivity index (χ0n) is 30.5. The van der Waals surface area contributed by atoms with E-state index in [2.05, 4.69) is 88.9 Å². The molecule has 0 fully saturated rings. The molecule has 3 heterocycles. The third-order valence-electron chi connectivity index (χ3n) is 10.1. The number of carbonyl (C=O) groups is 1. The van der Waals surface area contributed by atoms with Gasteiger partial charge in [0.2, 0.25) is 0 Å². The second-order valence-electron chi connectivity index (χ2n) is 14.1.